The average Bonchev–Trinajstić information content (AvgIpc) is 2.46. The molecule has 0 N–H and O–H groups in total. The van der Waals surface area contributed by atoms with E-state index in [4.69, 9.17) is 9.47 Å². The second-order valence-electron chi connectivity index (χ2n) is 4.82. The number of hydrogen-bond donors (Lipinski definition) is 0. The van der Waals surface area contributed by atoms with Crippen LogP contribution in [0.15, 0.2) is 0 Å². The first-order chi connectivity index (χ1) is 9.80. The summed E-state index contributed by atoms with van der Waals surface area (Å²) in [5, 5.41) is 0. The third-order valence-electron chi connectivity index (χ3n) is 3.65. The van der Waals surface area contributed by atoms with Crippen molar-refractivity contribution in [1.29, 1.82) is 0 Å². The second kappa shape index (κ2) is 6.01. The number of ether oxygens (including phenoxy) is 2. The van der Waals surface area contributed by atoms with Gasteiger partial charge in [-0.05, 0) is 0 Å². The molecule has 2 saturated heterocycles. The lowest BCUT2D eigenvalue weighted by Crippen LogP contribution is -2.61. The van der Waals surface area contributed by atoms with Gasteiger partial charge in [-0.15, -0.1) is 4.98 Å². The first kappa shape index (κ1) is 13.7. The summed E-state index contributed by atoms with van der Waals surface area (Å²) in [5.41, 5.74) is 0. The Kier molecular flexibility index (Phi) is 4.11. The summed E-state index contributed by atoms with van der Waals surface area (Å²) in [7, 11) is 3.09. The molecule has 110 valence electrons. The normalized spacial score (nSPS) is 20.6. The molecule has 0 bridgehead atoms. The highest BCUT2D eigenvalue weighted by Crippen LogP contribution is 2.24. The van der Waals surface area contributed by atoms with Crippen LogP contribution >= 0.6 is 11.8 Å². The third-order valence-corrected chi connectivity index (χ3v) is 4.60. The summed E-state index contributed by atoms with van der Waals surface area (Å²) in [6, 6.07) is 1.21. The zero-order valence-electron chi connectivity index (χ0n) is 11.8. The molecule has 1 aromatic heterocycles. The SMILES string of the molecule is COc1nc(OC)nc(N2CC(N3CCSCC3)C2)n1. The third kappa shape index (κ3) is 2.76. The number of methoxy groups -OCH3 is 2. The topological polar surface area (TPSA) is 63.6 Å². The molecule has 0 saturated carbocycles. The summed E-state index contributed by atoms with van der Waals surface area (Å²) < 4.78 is 10.2. The predicted octanol–water partition coefficient (Wildman–Crippen LogP) is 0.126. The molecule has 2 aliphatic rings. The monoisotopic (exact) mass is 297 g/mol. The molecule has 2 fully saturated rings. The van der Waals surface area contributed by atoms with E-state index in [1.54, 1.807) is 14.2 Å². The maximum atomic E-state index is 5.08. The minimum absolute atomic E-state index is 0.296. The Hall–Kier alpha value is -1.28. The van der Waals surface area contributed by atoms with Gasteiger partial charge in [-0.25, -0.2) is 0 Å². The standard InChI is InChI=1S/C12H19N5O2S/c1-18-11-13-10(14-12(15-11)19-2)17-7-9(8-17)16-3-5-20-6-4-16/h9H,3-8H2,1-2H3. The van der Waals surface area contributed by atoms with Gasteiger partial charge in [0.2, 0.25) is 5.95 Å². The second-order valence-corrected chi connectivity index (χ2v) is 6.04. The van der Waals surface area contributed by atoms with Crippen LogP contribution in [0.4, 0.5) is 5.95 Å². The highest BCUT2D eigenvalue weighted by atomic mass is 32.2. The van der Waals surface area contributed by atoms with Crippen LogP contribution in [-0.2, 0) is 0 Å². The predicted molar refractivity (Wildman–Crippen MR) is 77.8 cm³/mol. The fraction of sp³-hybridized carbons (Fsp3) is 0.750. The Morgan fingerprint density at radius 3 is 2.15 bits per heavy atom. The Balaban J connectivity index is 1.63. The van der Waals surface area contributed by atoms with Crippen molar-refractivity contribution in [2.45, 2.75) is 6.04 Å². The molecule has 0 unspecified atom stereocenters. The van der Waals surface area contributed by atoms with E-state index in [2.05, 4.69) is 24.8 Å². The van der Waals surface area contributed by atoms with Crippen molar-refractivity contribution in [2.75, 3.05) is 56.8 Å². The highest BCUT2D eigenvalue weighted by Gasteiger charge is 2.34. The average molecular weight is 297 g/mol. The summed E-state index contributed by atoms with van der Waals surface area (Å²) in [6.07, 6.45) is 0. The van der Waals surface area contributed by atoms with Crippen LogP contribution in [0.25, 0.3) is 0 Å². The van der Waals surface area contributed by atoms with E-state index >= 15 is 0 Å². The summed E-state index contributed by atoms with van der Waals surface area (Å²) in [4.78, 5) is 17.3. The van der Waals surface area contributed by atoms with Crippen molar-refractivity contribution in [1.82, 2.24) is 19.9 Å². The van der Waals surface area contributed by atoms with Gasteiger partial charge in [0.15, 0.2) is 0 Å². The molecule has 3 heterocycles. The smallest absolute Gasteiger partial charge is 0.324 e. The van der Waals surface area contributed by atoms with Gasteiger partial charge >= 0.3 is 12.0 Å². The Morgan fingerprint density at radius 1 is 1.00 bits per heavy atom. The molecule has 1 aromatic rings. The van der Waals surface area contributed by atoms with Crippen LogP contribution in [0.3, 0.4) is 0 Å². The summed E-state index contributed by atoms with van der Waals surface area (Å²) in [6.45, 7) is 4.29. The summed E-state index contributed by atoms with van der Waals surface area (Å²) >= 11 is 2.04. The van der Waals surface area contributed by atoms with Crippen molar-refractivity contribution < 1.29 is 9.47 Å². The Morgan fingerprint density at radius 2 is 1.60 bits per heavy atom. The lowest BCUT2D eigenvalue weighted by atomic mass is 10.1. The van der Waals surface area contributed by atoms with Gasteiger partial charge in [-0.1, -0.05) is 0 Å². The maximum Gasteiger partial charge on any atom is 0.324 e. The molecule has 0 radical (unpaired) electrons. The molecule has 8 heteroatoms. The van der Waals surface area contributed by atoms with Gasteiger partial charge in [-0.2, -0.15) is 21.7 Å². The molecule has 0 aromatic carbocycles. The van der Waals surface area contributed by atoms with Crippen LogP contribution in [0.2, 0.25) is 0 Å². The number of nitrogens with zero attached hydrogens (tertiary/aromatic N) is 5. The van der Waals surface area contributed by atoms with Gasteiger partial charge < -0.3 is 14.4 Å². The lowest BCUT2D eigenvalue weighted by molar-refractivity contribution is 0.181. The van der Waals surface area contributed by atoms with E-state index in [0.717, 1.165) is 13.1 Å². The van der Waals surface area contributed by atoms with Crippen LogP contribution < -0.4 is 14.4 Å². The van der Waals surface area contributed by atoms with Crippen molar-refractivity contribution in [3.63, 3.8) is 0 Å². The number of rotatable bonds is 4. The maximum absolute atomic E-state index is 5.08. The van der Waals surface area contributed by atoms with Gasteiger partial charge in [0.25, 0.3) is 0 Å². The van der Waals surface area contributed by atoms with Gasteiger partial charge in [0.05, 0.1) is 14.2 Å². The van der Waals surface area contributed by atoms with Crippen LogP contribution in [0.5, 0.6) is 12.0 Å². The summed E-state index contributed by atoms with van der Waals surface area (Å²) in [5.74, 6) is 3.12. The molecular weight excluding hydrogens is 278 g/mol. The molecule has 7 nitrogen and oxygen atoms in total. The van der Waals surface area contributed by atoms with E-state index in [9.17, 15) is 0 Å². The van der Waals surface area contributed by atoms with Crippen molar-refractivity contribution in [3.8, 4) is 12.0 Å². The Labute approximate surface area is 122 Å². The zero-order valence-corrected chi connectivity index (χ0v) is 12.6. The number of thioether (sulfide) groups is 1. The fourth-order valence-electron chi connectivity index (χ4n) is 2.44. The fourth-order valence-corrected chi connectivity index (χ4v) is 3.38. The van der Waals surface area contributed by atoms with E-state index in [0.29, 0.717) is 24.0 Å². The highest BCUT2D eigenvalue weighted by molar-refractivity contribution is 7.99. The van der Waals surface area contributed by atoms with E-state index < -0.39 is 0 Å². The van der Waals surface area contributed by atoms with Gasteiger partial charge in [-0.3, -0.25) is 4.90 Å². The molecule has 2 aliphatic heterocycles. The molecule has 3 rings (SSSR count). The van der Waals surface area contributed by atoms with E-state index in [1.807, 2.05) is 11.8 Å². The quantitative estimate of drug-likeness (QED) is 0.777. The van der Waals surface area contributed by atoms with Gasteiger partial charge in [0.1, 0.15) is 0 Å². The zero-order chi connectivity index (χ0) is 13.9. The van der Waals surface area contributed by atoms with Gasteiger partial charge in [0, 0.05) is 43.7 Å². The number of hydrogen-bond acceptors (Lipinski definition) is 8. The van der Waals surface area contributed by atoms with Crippen molar-refractivity contribution >= 4 is 17.7 Å². The Bertz CT molecular complexity index is 441. The molecular formula is C12H19N5O2S. The molecule has 0 amide bonds. The van der Waals surface area contributed by atoms with E-state index in [-0.39, 0.29) is 0 Å². The first-order valence-electron chi connectivity index (χ1n) is 6.71. The van der Waals surface area contributed by atoms with Crippen molar-refractivity contribution in [3.05, 3.63) is 0 Å². The molecule has 0 aliphatic carbocycles. The van der Waals surface area contributed by atoms with Crippen LogP contribution in [0, 0.1) is 0 Å². The van der Waals surface area contributed by atoms with Crippen LogP contribution in [-0.4, -0.2) is 77.8 Å². The molecule has 0 spiro atoms. The first-order valence-corrected chi connectivity index (χ1v) is 7.86. The van der Waals surface area contributed by atoms with E-state index in [1.165, 1.54) is 24.6 Å². The number of aromatic nitrogens is 3. The molecule has 20 heavy (non-hydrogen) atoms. The molecule has 0 atom stereocenters. The lowest BCUT2D eigenvalue weighted by Gasteiger charge is -2.46. The largest absolute Gasteiger partial charge is 0.467 e. The van der Waals surface area contributed by atoms with Crippen LogP contribution in [0.1, 0.15) is 0 Å². The van der Waals surface area contributed by atoms with Crippen molar-refractivity contribution in [2.24, 2.45) is 0 Å². The number of anilines is 1. The minimum atomic E-state index is 0.296. The minimum Gasteiger partial charge on any atom is -0.467 e.